The van der Waals surface area contributed by atoms with Crippen molar-refractivity contribution in [2.45, 2.75) is 64.6 Å². The number of cyclic esters (lactones) is 2. The molecule has 17 heteroatoms. The SMILES string of the molecule is CC(=O)NC[C@H]1CN(c2cnc3c(c2)CCC/C(=C\N(C)C)C3=O)C(=O)O1.CC(=O)NC[C@H]1CN(c2cnc3c(c2)CCCc2cnc(N)nc2-3)C(=O)O1. The summed E-state index contributed by atoms with van der Waals surface area (Å²) in [6.07, 6.45) is 9.98. The molecule has 4 amide bonds. The number of nitrogens with one attached hydrogen (secondary N) is 2. The Bertz CT molecular complexity index is 2000. The maximum absolute atomic E-state index is 12.8. The van der Waals surface area contributed by atoms with Gasteiger partial charge in [-0.3, -0.25) is 34.2 Å². The van der Waals surface area contributed by atoms with E-state index in [1.807, 2.05) is 37.3 Å². The van der Waals surface area contributed by atoms with Crippen LogP contribution in [0.3, 0.4) is 0 Å². The number of amides is 4. The lowest BCUT2D eigenvalue weighted by atomic mass is 10.1. The number of carbonyl (C=O) groups is 5. The smallest absolute Gasteiger partial charge is 0.414 e. The lowest BCUT2D eigenvalue weighted by Crippen LogP contribution is -2.33. The number of nitrogens with zero attached hydrogens (tertiary/aromatic N) is 7. The highest BCUT2D eigenvalue weighted by molar-refractivity contribution is 6.08. The molecule has 0 radical (unpaired) electrons. The van der Waals surface area contributed by atoms with Crippen LogP contribution in [0.25, 0.3) is 11.4 Å². The minimum atomic E-state index is -0.472. The second-order valence-electron chi connectivity index (χ2n) is 13.8. The standard InChI is InChI=1S/C19H24N4O4.C18H20N6O3/c1-12(24)20-9-16-11-23(19(26)27-16)15-7-13-5-4-6-14(10-22(2)3)18(25)17(13)21-8-15;1-10(25)20-8-14-9-24(18(26)27-14)13-5-11-3-2-4-12-6-22-17(19)23-16(12)15(11)21-7-13/h7-8,10,16H,4-6,9,11H2,1-3H3,(H,20,24);5-7,14H,2-4,8-9H2,1H3,(H,20,25)(H2,19,22,23)/b14-10+;/t16-;14-/m00/s1. The third-order valence-electron chi connectivity index (χ3n) is 9.25. The van der Waals surface area contributed by atoms with Gasteiger partial charge in [-0.2, -0.15) is 0 Å². The number of nitrogen functional groups attached to an aromatic ring is 1. The fourth-order valence-corrected chi connectivity index (χ4v) is 6.73. The first-order valence-electron chi connectivity index (χ1n) is 17.8. The van der Waals surface area contributed by atoms with E-state index in [0.717, 1.165) is 65.8 Å². The highest BCUT2D eigenvalue weighted by Gasteiger charge is 2.35. The molecule has 0 unspecified atom stereocenters. The summed E-state index contributed by atoms with van der Waals surface area (Å²) in [5, 5.41) is 5.32. The molecule has 2 atom stereocenters. The average Bonchev–Trinajstić information content (AvgIpc) is 3.59. The van der Waals surface area contributed by atoms with Crippen LogP contribution in [0.4, 0.5) is 26.9 Å². The van der Waals surface area contributed by atoms with Gasteiger partial charge in [-0.1, -0.05) is 0 Å². The molecule has 0 spiro atoms. The van der Waals surface area contributed by atoms with Crippen LogP contribution < -0.4 is 26.2 Å². The Morgan fingerprint density at radius 2 is 1.30 bits per heavy atom. The van der Waals surface area contributed by atoms with Gasteiger partial charge in [0.1, 0.15) is 17.9 Å². The Kier molecular flexibility index (Phi) is 11.3. The zero-order valence-corrected chi connectivity index (χ0v) is 30.8. The van der Waals surface area contributed by atoms with Crippen molar-refractivity contribution in [3.63, 3.8) is 0 Å². The molecule has 2 aliphatic heterocycles. The third-order valence-corrected chi connectivity index (χ3v) is 9.25. The zero-order valence-electron chi connectivity index (χ0n) is 30.8. The van der Waals surface area contributed by atoms with E-state index in [4.69, 9.17) is 15.2 Å². The van der Waals surface area contributed by atoms with Crippen LogP contribution in [0.5, 0.6) is 0 Å². The highest BCUT2D eigenvalue weighted by Crippen LogP contribution is 2.33. The second kappa shape index (κ2) is 16.3. The number of allylic oxidation sites excluding steroid dienone is 1. The molecule has 5 heterocycles. The van der Waals surface area contributed by atoms with E-state index >= 15 is 0 Å². The number of hydrogen-bond donors (Lipinski definition) is 3. The molecule has 0 bridgehead atoms. The minimum absolute atomic E-state index is 0.0599. The summed E-state index contributed by atoms with van der Waals surface area (Å²) in [7, 11) is 3.78. The van der Waals surface area contributed by atoms with Gasteiger partial charge in [-0.15, -0.1) is 0 Å². The van der Waals surface area contributed by atoms with Gasteiger partial charge in [0.25, 0.3) is 0 Å². The number of ether oxygens (including phenoxy) is 2. The number of aromatic nitrogens is 4. The van der Waals surface area contributed by atoms with Gasteiger partial charge < -0.3 is 30.7 Å². The molecule has 54 heavy (non-hydrogen) atoms. The van der Waals surface area contributed by atoms with Crippen molar-refractivity contribution in [3.05, 3.63) is 64.9 Å². The predicted molar refractivity (Wildman–Crippen MR) is 198 cm³/mol. The summed E-state index contributed by atoms with van der Waals surface area (Å²) < 4.78 is 10.6. The summed E-state index contributed by atoms with van der Waals surface area (Å²) in [6.45, 7) is 4.11. The molecular weight excluding hydrogens is 696 g/mol. The van der Waals surface area contributed by atoms with Crippen LogP contribution in [0, 0.1) is 0 Å². The maximum Gasteiger partial charge on any atom is 0.414 e. The van der Waals surface area contributed by atoms with E-state index in [1.165, 1.54) is 24.9 Å². The number of hydrogen-bond acceptors (Lipinski definition) is 13. The van der Waals surface area contributed by atoms with Gasteiger partial charge in [0.2, 0.25) is 23.5 Å². The van der Waals surface area contributed by atoms with E-state index in [1.54, 1.807) is 17.3 Å². The highest BCUT2D eigenvalue weighted by atomic mass is 16.6. The van der Waals surface area contributed by atoms with Gasteiger partial charge in [0.05, 0.1) is 61.3 Å². The fraction of sp³-hybridized carbons (Fsp3) is 0.432. The van der Waals surface area contributed by atoms with Crippen LogP contribution in [0.2, 0.25) is 0 Å². The zero-order chi connectivity index (χ0) is 38.5. The Morgan fingerprint density at radius 3 is 1.85 bits per heavy atom. The first-order chi connectivity index (χ1) is 25.9. The van der Waals surface area contributed by atoms with Crippen molar-refractivity contribution >= 4 is 47.1 Å². The van der Waals surface area contributed by atoms with Crippen molar-refractivity contribution in [1.29, 1.82) is 0 Å². The number of anilines is 3. The average molecular weight is 741 g/mol. The Morgan fingerprint density at radius 1 is 0.778 bits per heavy atom. The molecule has 0 saturated carbocycles. The molecule has 3 aromatic rings. The van der Waals surface area contributed by atoms with Crippen LogP contribution >= 0.6 is 0 Å². The molecule has 284 valence electrons. The monoisotopic (exact) mass is 740 g/mol. The van der Waals surface area contributed by atoms with Gasteiger partial charge in [0, 0.05) is 45.9 Å². The molecule has 3 aromatic heterocycles. The van der Waals surface area contributed by atoms with E-state index in [9.17, 15) is 24.0 Å². The number of carbonyl (C=O) groups excluding carboxylic acids is 5. The van der Waals surface area contributed by atoms with Gasteiger partial charge in [-0.05, 0) is 67.3 Å². The molecule has 7 rings (SSSR count). The number of ketones is 1. The van der Waals surface area contributed by atoms with E-state index in [-0.39, 0.29) is 36.2 Å². The fourth-order valence-electron chi connectivity index (χ4n) is 6.73. The number of Topliss-reactive ketones (excluding diaryl/α,β-unsaturated/α-hetero) is 1. The van der Waals surface area contributed by atoms with Crippen molar-refractivity contribution in [2.75, 3.05) is 55.8 Å². The Labute approximate surface area is 312 Å². The number of pyridine rings is 2. The molecule has 2 saturated heterocycles. The molecule has 2 aliphatic carbocycles. The third kappa shape index (κ3) is 8.73. The largest absolute Gasteiger partial charge is 0.442 e. The minimum Gasteiger partial charge on any atom is -0.442 e. The number of rotatable bonds is 7. The van der Waals surface area contributed by atoms with Gasteiger partial charge in [0.15, 0.2) is 0 Å². The normalized spacial score (nSPS) is 19.6. The molecule has 17 nitrogen and oxygen atoms in total. The van der Waals surface area contributed by atoms with Crippen LogP contribution in [-0.2, 0) is 38.3 Å². The van der Waals surface area contributed by atoms with Crippen LogP contribution in [0.1, 0.15) is 60.3 Å². The van der Waals surface area contributed by atoms with Crippen LogP contribution in [-0.4, -0.2) is 107 Å². The Hall–Kier alpha value is -6.13. The lowest BCUT2D eigenvalue weighted by molar-refractivity contribution is -0.120. The number of fused-ring (bicyclic) bond motifs is 4. The van der Waals surface area contributed by atoms with Crippen molar-refractivity contribution in [1.82, 2.24) is 35.5 Å². The Balaban J connectivity index is 0.000000184. The first-order valence-corrected chi connectivity index (χ1v) is 17.8. The molecule has 4 N–H and O–H groups in total. The number of nitrogens with two attached hydrogens (primary N) is 1. The lowest BCUT2D eigenvalue weighted by Gasteiger charge is -2.15. The van der Waals surface area contributed by atoms with Crippen LogP contribution in [0.15, 0.2) is 42.5 Å². The summed E-state index contributed by atoms with van der Waals surface area (Å²) in [4.78, 5) is 81.6. The summed E-state index contributed by atoms with van der Waals surface area (Å²) in [6, 6.07) is 3.80. The summed E-state index contributed by atoms with van der Waals surface area (Å²) in [5.41, 5.74) is 12.7. The second-order valence-corrected chi connectivity index (χ2v) is 13.8. The maximum atomic E-state index is 12.8. The molecule has 4 aliphatic rings. The topological polar surface area (TPSA) is 215 Å². The van der Waals surface area contributed by atoms with Gasteiger partial charge >= 0.3 is 12.2 Å². The summed E-state index contributed by atoms with van der Waals surface area (Å²) >= 11 is 0. The van der Waals surface area contributed by atoms with E-state index in [0.29, 0.717) is 43.1 Å². The van der Waals surface area contributed by atoms with Crippen molar-refractivity contribution < 1.29 is 33.4 Å². The van der Waals surface area contributed by atoms with E-state index in [2.05, 4.69) is 30.6 Å². The number of aryl methyl sites for hydroxylation is 3. The molecule has 0 aromatic carbocycles. The summed E-state index contributed by atoms with van der Waals surface area (Å²) in [5.74, 6) is -0.167. The first kappa shape index (κ1) is 37.6. The molecule has 2 fully saturated rings. The van der Waals surface area contributed by atoms with Gasteiger partial charge in [-0.25, -0.2) is 19.6 Å². The van der Waals surface area contributed by atoms with E-state index < -0.39 is 18.3 Å². The van der Waals surface area contributed by atoms with Crippen molar-refractivity contribution in [2.24, 2.45) is 0 Å². The quantitative estimate of drug-likeness (QED) is 0.235. The van der Waals surface area contributed by atoms with Crippen molar-refractivity contribution in [3.8, 4) is 11.4 Å². The molecular formula is C37H44N10O7. The predicted octanol–water partition coefficient (Wildman–Crippen LogP) is 2.58.